The summed E-state index contributed by atoms with van der Waals surface area (Å²) in [6.45, 7) is 1.89. The van der Waals surface area contributed by atoms with Crippen LogP contribution in [-0.2, 0) is 4.79 Å². The lowest BCUT2D eigenvalue weighted by Crippen LogP contribution is -1.93. The second-order valence-electron chi connectivity index (χ2n) is 2.75. The molecule has 0 aromatic heterocycles. The zero-order valence-electron chi connectivity index (χ0n) is 7.32. The molecule has 1 rings (SSSR count). The summed E-state index contributed by atoms with van der Waals surface area (Å²) < 4.78 is 0. The molecule has 0 fully saturated rings. The standard InChI is InChI=1S/C10H11NO2/c1-7-3-2-4-9(11)8(7)5-6-10(12)13/h2-6H,11H2,1H3,(H,12,13). The lowest BCUT2D eigenvalue weighted by atomic mass is 10.1. The summed E-state index contributed by atoms with van der Waals surface area (Å²) in [5, 5.41) is 8.43. The number of anilines is 1. The van der Waals surface area contributed by atoms with Crippen molar-refractivity contribution in [1.82, 2.24) is 0 Å². The van der Waals surface area contributed by atoms with Crippen LogP contribution in [0, 0.1) is 6.92 Å². The van der Waals surface area contributed by atoms with E-state index in [9.17, 15) is 4.79 Å². The Labute approximate surface area is 76.5 Å². The van der Waals surface area contributed by atoms with Crippen LogP contribution in [-0.4, -0.2) is 11.1 Å². The monoisotopic (exact) mass is 177 g/mol. The van der Waals surface area contributed by atoms with Gasteiger partial charge < -0.3 is 10.8 Å². The highest BCUT2D eigenvalue weighted by Crippen LogP contribution is 2.17. The molecule has 0 atom stereocenters. The van der Waals surface area contributed by atoms with Gasteiger partial charge in [0.05, 0.1) is 0 Å². The predicted molar refractivity (Wildman–Crippen MR) is 52.3 cm³/mol. The van der Waals surface area contributed by atoms with Crippen molar-refractivity contribution in [2.75, 3.05) is 5.73 Å². The summed E-state index contributed by atoms with van der Waals surface area (Å²) >= 11 is 0. The third-order valence-corrected chi connectivity index (χ3v) is 1.75. The van der Waals surface area contributed by atoms with E-state index in [1.807, 2.05) is 19.1 Å². The van der Waals surface area contributed by atoms with E-state index in [0.29, 0.717) is 5.69 Å². The third-order valence-electron chi connectivity index (χ3n) is 1.75. The number of aliphatic carboxylic acids is 1. The van der Waals surface area contributed by atoms with E-state index in [0.717, 1.165) is 17.2 Å². The molecule has 0 amide bonds. The minimum Gasteiger partial charge on any atom is -0.478 e. The molecule has 68 valence electrons. The summed E-state index contributed by atoms with van der Waals surface area (Å²) in [5.41, 5.74) is 8.00. The van der Waals surface area contributed by atoms with Gasteiger partial charge in [0.15, 0.2) is 0 Å². The van der Waals surface area contributed by atoms with Crippen LogP contribution in [0.15, 0.2) is 24.3 Å². The first-order valence-electron chi connectivity index (χ1n) is 3.87. The number of hydrogen-bond acceptors (Lipinski definition) is 2. The quantitative estimate of drug-likeness (QED) is 0.533. The van der Waals surface area contributed by atoms with E-state index in [1.54, 1.807) is 6.07 Å². The van der Waals surface area contributed by atoms with Gasteiger partial charge in [-0.15, -0.1) is 0 Å². The largest absolute Gasteiger partial charge is 0.478 e. The highest BCUT2D eigenvalue weighted by Gasteiger charge is 1.98. The van der Waals surface area contributed by atoms with Gasteiger partial charge in [0.1, 0.15) is 0 Å². The number of nitrogen functional groups attached to an aromatic ring is 1. The first kappa shape index (κ1) is 9.32. The molecule has 0 aliphatic carbocycles. The van der Waals surface area contributed by atoms with E-state index >= 15 is 0 Å². The molecule has 0 aliphatic rings. The van der Waals surface area contributed by atoms with E-state index in [4.69, 9.17) is 10.8 Å². The molecule has 0 radical (unpaired) electrons. The van der Waals surface area contributed by atoms with Crippen molar-refractivity contribution in [2.45, 2.75) is 6.92 Å². The molecule has 3 nitrogen and oxygen atoms in total. The molecule has 0 unspecified atom stereocenters. The predicted octanol–water partition coefficient (Wildman–Crippen LogP) is 1.68. The fourth-order valence-electron chi connectivity index (χ4n) is 1.09. The van der Waals surface area contributed by atoms with Gasteiger partial charge in [-0.2, -0.15) is 0 Å². The van der Waals surface area contributed by atoms with E-state index in [2.05, 4.69) is 0 Å². The first-order chi connectivity index (χ1) is 6.11. The van der Waals surface area contributed by atoms with Gasteiger partial charge in [0.25, 0.3) is 0 Å². The van der Waals surface area contributed by atoms with Crippen molar-refractivity contribution >= 4 is 17.7 Å². The number of rotatable bonds is 2. The van der Waals surface area contributed by atoms with Gasteiger partial charge in [0.2, 0.25) is 0 Å². The minimum atomic E-state index is -0.970. The number of carbonyl (C=O) groups is 1. The van der Waals surface area contributed by atoms with Crippen LogP contribution in [0.1, 0.15) is 11.1 Å². The molecule has 0 aliphatic heterocycles. The van der Waals surface area contributed by atoms with Crippen molar-refractivity contribution in [1.29, 1.82) is 0 Å². The summed E-state index contributed by atoms with van der Waals surface area (Å²) in [6, 6.07) is 5.47. The molecule has 0 saturated heterocycles. The highest BCUT2D eigenvalue weighted by atomic mass is 16.4. The Morgan fingerprint density at radius 3 is 2.77 bits per heavy atom. The van der Waals surface area contributed by atoms with E-state index in [-0.39, 0.29) is 0 Å². The topological polar surface area (TPSA) is 63.3 Å². The molecular weight excluding hydrogens is 166 g/mol. The molecule has 0 heterocycles. The van der Waals surface area contributed by atoms with Crippen LogP contribution in [0.5, 0.6) is 0 Å². The first-order valence-corrected chi connectivity index (χ1v) is 3.87. The normalized spacial score (nSPS) is 10.5. The number of benzene rings is 1. The van der Waals surface area contributed by atoms with Gasteiger partial charge in [0, 0.05) is 17.3 Å². The molecule has 3 heteroatoms. The molecule has 1 aromatic rings. The lowest BCUT2D eigenvalue weighted by Gasteiger charge is -2.02. The van der Waals surface area contributed by atoms with E-state index in [1.165, 1.54) is 6.08 Å². The fraction of sp³-hybridized carbons (Fsp3) is 0.100. The van der Waals surface area contributed by atoms with Crippen molar-refractivity contribution in [3.05, 3.63) is 35.4 Å². The third kappa shape index (κ3) is 2.33. The maximum atomic E-state index is 10.3. The van der Waals surface area contributed by atoms with E-state index < -0.39 is 5.97 Å². The van der Waals surface area contributed by atoms with Crippen LogP contribution in [0.4, 0.5) is 5.69 Å². The second-order valence-corrected chi connectivity index (χ2v) is 2.75. The van der Waals surface area contributed by atoms with Gasteiger partial charge in [-0.1, -0.05) is 12.1 Å². The molecular formula is C10H11NO2. The Morgan fingerprint density at radius 1 is 1.54 bits per heavy atom. The van der Waals surface area contributed by atoms with Gasteiger partial charge in [-0.25, -0.2) is 4.79 Å². The van der Waals surface area contributed by atoms with Crippen LogP contribution in [0.25, 0.3) is 6.08 Å². The van der Waals surface area contributed by atoms with Gasteiger partial charge in [-0.3, -0.25) is 0 Å². The van der Waals surface area contributed by atoms with Crippen molar-refractivity contribution in [3.8, 4) is 0 Å². The maximum absolute atomic E-state index is 10.3. The molecule has 0 saturated carbocycles. The van der Waals surface area contributed by atoms with Gasteiger partial charge in [-0.05, 0) is 24.6 Å². The minimum absolute atomic E-state index is 0.595. The Hall–Kier alpha value is -1.77. The maximum Gasteiger partial charge on any atom is 0.328 e. The Kier molecular flexibility index (Phi) is 2.69. The average molecular weight is 177 g/mol. The van der Waals surface area contributed by atoms with Gasteiger partial charge >= 0.3 is 5.97 Å². The summed E-state index contributed by atoms with van der Waals surface area (Å²) in [5.74, 6) is -0.970. The number of nitrogens with two attached hydrogens (primary N) is 1. The highest BCUT2D eigenvalue weighted by molar-refractivity contribution is 5.87. The smallest absolute Gasteiger partial charge is 0.328 e. The second kappa shape index (κ2) is 3.76. The molecule has 1 aromatic carbocycles. The Balaban J connectivity index is 3.06. The number of hydrogen-bond donors (Lipinski definition) is 2. The SMILES string of the molecule is Cc1cccc(N)c1C=CC(=O)O. The molecule has 0 spiro atoms. The van der Waals surface area contributed by atoms with Crippen LogP contribution >= 0.6 is 0 Å². The zero-order valence-corrected chi connectivity index (χ0v) is 7.32. The van der Waals surface area contributed by atoms with Crippen molar-refractivity contribution < 1.29 is 9.90 Å². The lowest BCUT2D eigenvalue weighted by molar-refractivity contribution is -0.131. The molecule has 3 N–H and O–H groups in total. The molecule has 13 heavy (non-hydrogen) atoms. The van der Waals surface area contributed by atoms with Crippen LogP contribution in [0.3, 0.4) is 0 Å². The Morgan fingerprint density at radius 2 is 2.23 bits per heavy atom. The summed E-state index contributed by atoms with van der Waals surface area (Å²) in [6.07, 6.45) is 2.59. The number of aryl methyl sites for hydroxylation is 1. The zero-order chi connectivity index (χ0) is 9.84. The molecule has 0 bridgehead atoms. The Bertz CT molecular complexity index is 336. The van der Waals surface area contributed by atoms with Crippen molar-refractivity contribution in [3.63, 3.8) is 0 Å². The van der Waals surface area contributed by atoms with Crippen LogP contribution < -0.4 is 5.73 Å². The fourth-order valence-corrected chi connectivity index (χ4v) is 1.09. The summed E-state index contributed by atoms with van der Waals surface area (Å²) in [4.78, 5) is 10.3. The number of carboxylic acid groups (broad SMARTS) is 1. The van der Waals surface area contributed by atoms with Crippen molar-refractivity contribution in [2.24, 2.45) is 0 Å². The average Bonchev–Trinajstić information content (AvgIpc) is 2.03. The van der Waals surface area contributed by atoms with Crippen LogP contribution in [0.2, 0.25) is 0 Å². The number of carboxylic acids is 1. The summed E-state index contributed by atoms with van der Waals surface area (Å²) in [7, 11) is 0.